The van der Waals surface area contributed by atoms with E-state index in [1.54, 1.807) is 25.1 Å². The Morgan fingerprint density at radius 2 is 2.14 bits per heavy atom. The Morgan fingerprint density at radius 1 is 1.38 bits per heavy atom. The van der Waals surface area contributed by atoms with Crippen LogP contribution in [0.1, 0.15) is 27.2 Å². The van der Waals surface area contributed by atoms with Crippen molar-refractivity contribution in [1.82, 2.24) is 10.3 Å². The Morgan fingerprint density at radius 3 is 2.81 bits per heavy atom. The van der Waals surface area contributed by atoms with Crippen molar-refractivity contribution < 1.29 is 14.3 Å². The van der Waals surface area contributed by atoms with Crippen LogP contribution in [0.5, 0.6) is 0 Å². The van der Waals surface area contributed by atoms with E-state index in [0.717, 1.165) is 0 Å². The molecule has 1 aromatic carbocycles. The van der Waals surface area contributed by atoms with E-state index in [-0.39, 0.29) is 24.6 Å². The Labute approximate surface area is 126 Å². The van der Waals surface area contributed by atoms with Crippen molar-refractivity contribution in [3.8, 4) is 0 Å². The maximum Gasteiger partial charge on any atom is 0.253 e. The van der Waals surface area contributed by atoms with Gasteiger partial charge in [-0.3, -0.25) is 4.79 Å². The molecule has 110 valence electrons. The predicted molar refractivity (Wildman–Crippen MR) is 77.5 cm³/mol. The van der Waals surface area contributed by atoms with E-state index in [1.807, 2.05) is 0 Å². The summed E-state index contributed by atoms with van der Waals surface area (Å²) in [6.45, 7) is 1.55. The Balaban J connectivity index is 2.07. The van der Waals surface area contributed by atoms with Crippen LogP contribution in [0.3, 0.4) is 0 Å². The van der Waals surface area contributed by atoms with Crippen LogP contribution < -0.4 is 5.32 Å². The maximum absolute atomic E-state index is 13.3. The number of nitrogens with one attached hydrogen (secondary N) is 1. The number of benzene rings is 1. The molecule has 21 heavy (non-hydrogen) atoms. The predicted octanol–water partition coefficient (Wildman–Crippen LogP) is 2.60. The van der Waals surface area contributed by atoms with Crippen molar-refractivity contribution in [3.05, 3.63) is 63.7 Å². The van der Waals surface area contributed by atoms with Crippen molar-refractivity contribution in [2.75, 3.05) is 0 Å². The number of aliphatic hydroxyl groups excluding tert-OH is 1. The number of hydrogen-bond acceptors (Lipinski definition) is 3. The highest BCUT2D eigenvalue weighted by atomic mass is 35.5. The zero-order valence-electron chi connectivity index (χ0n) is 11.4. The lowest BCUT2D eigenvalue weighted by atomic mass is 10.1. The van der Waals surface area contributed by atoms with Crippen LogP contribution in [0.4, 0.5) is 4.39 Å². The van der Waals surface area contributed by atoms with Crippen molar-refractivity contribution in [1.29, 1.82) is 0 Å². The van der Waals surface area contributed by atoms with E-state index < -0.39 is 5.82 Å². The summed E-state index contributed by atoms with van der Waals surface area (Å²) < 4.78 is 13.3. The number of amides is 1. The largest absolute Gasteiger partial charge is 0.392 e. The maximum atomic E-state index is 13.3. The molecule has 0 saturated heterocycles. The summed E-state index contributed by atoms with van der Waals surface area (Å²) in [4.78, 5) is 16.1. The van der Waals surface area contributed by atoms with Crippen molar-refractivity contribution in [3.63, 3.8) is 0 Å². The lowest BCUT2D eigenvalue weighted by Gasteiger charge is -2.09. The molecule has 2 aromatic rings. The van der Waals surface area contributed by atoms with Crippen molar-refractivity contribution >= 4 is 17.5 Å². The van der Waals surface area contributed by atoms with E-state index >= 15 is 0 Å². The van der Waals surface area contributed by atoms with Gasteiger partial charge in [0.2, 0.25) is 0 Å². The minimum absolute atomic E-state index is 0.200. The number of aliphatic hydroxyl groups is 1. The van der Waals surface area contributed by atoms with Gasteiger partial charge in [-0.25, -0.2) is 9.37 Å². The number of carbonyl (C=O) groups is 1. The minimum Gasteiger partial charge on any atom is -0.392 e. The number of pyridine rings is 1. The summed E-state index contributed by atoms with van der Waals surface area (Å²) in [6.07, 6.45) is 0. The monoisotopic (exact) mass is 308 g/mol. The summed E-state index contributed by atoms with van der Waals surface area (Å²) in [7, 11) is 0. The van der Waals surface area contributed by atoms with Gasteiger partial charge in [0.1, 0.15) is 11.0 Å². The first-order chi connectivity index (χ1) is 10.0. The van der Waals surface area contributed by atoms with Crippen LogP contribution in [-0.4, -0.2) is 16.0 Å². The van der Waals surface area contributed by atoms with Crippen LogP contribution in [-0.2, 0) is 13.2 Å². The average molecular weight is 309 g/mol. The standard InChI is InChI=1S/C15H14ClFN2O2/c1-9-12(3-5-14(16)19-9)15(21)18-7-10-2-4-13(17)11(6-10)8-20/h2-6,20H,7-8H2,1H3,(H,18,21). The fourth-order valence-corrected chi connectivity index (χ4v) is 2.10. The van der Waals surface area contributed by atoms with Crippen molar-refractivity contribution in [2.45, 2.75) is 20.1 Å². The lowest BCUT2D eigenvalue weighted by molar-refractivity contribution is 0.0950. The third-order valence-corrected chi connectivity index (χ3v) is 3.24. The molecule has 1 heterocycles. The van der Waals surface area contributed by atoms with E-state index in [9.17, 15) is 9.18 Å². The quantitative estimate of drug-likeness (QED) is 0.854. The molecule has 6 heteroatoms. The van der Waals surface area contributed by atoms with Gasteiger partial charge in [-0.2, -0.15) is 0 Å². The molecule has 4 nitrogen and oxygen atoms in total. The van der Waals surface area contributed by atoms with Gasteiger partial charge in [-0.1, -0.05) is 17.7 Å². The molecule has 0 atom stereocenters. The number of carbonyl (C=O) groups excluding carboxylic acids is 1. The molecule has 0 unspecified atom stereocenters. The molecule has 0 radical (unpaired) electrons. The normalized spacial score (nSPS) is 10.5. The van der Waals surface area contributed by atoms with Gasteiger partial charge in [0.05, 0.1) is 17.9 Å². The summed E-state index contributed by atoms with van der Waals surface area (Å²) in [6, 6.07) is 7.49. The smallest absolute Gasteiger partial charge is 0.253 e. The second-order valence-corrected chi connectivity index (χ2v) is 4.92. The third-order valence-electron chi connectivity index (χ3n) is 3.03. The van der Waals surface area contributed by atoms with Gasteiger partial charge < -0.3 is 10.4 Å². The average Bonchev–Trinajstić information content (AvgIpc) is 2.46. The summed E-state index contributed by atoms with van der Waals surface area (Å²) in [5, 5.41) is 12.1. The van der Waals surface area contributed by atoms with Crippen LogP contribution in [0, 0.1) is 12.7 Å². The zero-order chi connectivity index (χ0) is 15.4. The minimum atomic E-state index is -0.467. The first kappa shape index (κ1) is 15.4. The van der Waals surface area contributed by atoms with Gasteiger partial charge in [0.25, 0.3) is 5.91 Å². The molecule has 0 aliphatic carbocycles. The first-order valence-electron chi connectivity index (χ1n) is 6.30. The Hall–Kier alpha value is -1.98. The molecule has 0 bridgehead atoms. The van der Waals surface area contributed by atoms with E-state index in [4.69, 9.17) is 16.7 Å². The lowest BCUT2D eigenvalue weighted by Crippen LogP contribution is -2.24. The van der Waals surface area contributed by atoms with Gasteiger partial charge in [0.15, 0.2) is 0 Å². The number of nitrogens with zero attached hydrogens (tertiary/aromatic N) is 1. The van der Waals surface area contributed by atoms with Crippen LogP contribution >= 0.6 is 11.6 Å². The second-order valence-electron chi connectivity index (χ2n) is 4.53. The molecule has 0 aliphatic rings. The Bertz CT molecular complexity index is 677. The van der Waals surface area contributed by atoms with Crippen LogP contribution in [0.2, 0.25) is 5.15 Å². The zero-order valence-corrected chi connectivity index (χ0v) is 12.1. The number of halogens is 2. The number of aryl methyl sites for hydroxylation is 1. The summed E-state index contributed by atoms with van der Waals surface area (Å²) in [5.41, 5.74) is 1.87. The summed E-state index contributed by atoms with van der Waals surface area (Å²) >= 11 is 5.74. The van der Waals surface area contributed by atoms with Crippen LogP contribution in [0.15, 0.2) is 30.3 Å². The molecular formula is C15H14ClFN2O2. The molecule has 2 rings (SSSR count). The highest BCUT2D eigenvalue weighted by Gasteiger charge is 2.10. The molecule has 1 amide bonds. The number of rotatable bonds is 4. The molecule has 2 N–H and O–H groups in total. The first-order valence-corrected chi connectivity index (χ1v) is 6.68. The van der Waals surface area contributed by atoms with Gasteiger partial charge in [-0.15, -0.1) is 0 Å². The highest BCUT2D eigenvalue weighted by Crippen LogP contribution is 2.12. The van der Waals surface area contributed by atoms with Crippen LogP contribution in [0.25, 0.3) is 0 Å². The molecular weight excluding hydrogens is 295 g/mol. The molecule has 0 aliphatic heterocycles. The molecule has 0 fully saturated rings. The Kier molecular flexibility index (Phi) is 4.88. The topological polar surface area (TPSA) is 62.2 Å². The van der Waals surface area contributed by atoms with Gasteiger partial charge in [-0.05, 0) is 36.8 Å². The summed E-state index contributed by atoms with van der Waals surface area (Å²) in [5.74, 6) is -0.753. The van der Waals surface area contributed by atoms with Gasteiger partial charge >= 0.3 is 0 Å². The molecule has 0 saturated carbocycles. The molecule has 1 aromatic heterocycles. The van der Waals surface area contributed by atoms with Gasteiger partial charge in [0, 0.05) is 12.1 Å². The number of aromatic nitrogens is 1. The fourth-order valence-electron chi connectivity index (χ4n) is 1.91. The second kappa shape index (κ2) is 6.65. The third kappa shape index (κ3) is 3.77. The van der Waals surface area contributed by atoms with E-state index in [2.05, 4.69) is 10.3 Å². The highest BCUT2D eigenvalue weighted by molar-refractivity contribution is 6.29. The van der Waals surface area contributed by atoms with E-state index in [0.29, 0.717) is 22.0 Å². The van der Waals surface area contributed by atoms with E-state index in [1.165, 1.54) is 12.1 Å². The fraction of sp³-hybridized carbons (Fsp3) is 0.200. The molecule has 0 spiro atoms. The van der Waals surface area contributed by atoms with Crippen molar-refractivity contribution in [2.24, 2.45) is 0 Å². The SMILES string of the molecule is Cc1nc(Cl)ccc1C(=O)NCc1ccc(F)c(CO)c1. The number of hydrogen-bond donors (Lipinski definition) is 2.